The lowest BCUT2D eigenvalue weighted by Gasteiger charge is -2.34. The standard InChI is InChI=1S/C91H60N2/c1-3-19-61(20-4-1)68-23-15-24-69(55-68)71-26-17-29-76(57-71)91(85-35-11-7-31-79(85)80-32-8-12-36-86(80)91)75-28-16-25-70(56-75)67-45-43-64(44-46-67)63-39-41-65(42-40-63)66-47-51-77(52-48-66)92-87-37-13-9-33-81(87)83-59-73(49-53-89(83)92)74-50-54-90-84(60-74)82-34-10-14-38-88(82)93(90)78-30-18-27-72(58-78)62-21-5-2-6-22-62/h1-60H. The molecule has 17 aromatic rings. The van der Waals surface area contributed by atoms with Crippen molar-refractivity contribution in [3.63, 3.8) is 0 Å². The first-order valence-electron chi connectivity index (χ1n) is 32.2. The molecule has 0 unspecified atom stereocenters. The number of rotatable bonds is 11. The molecule has 2 aromatic heterocycles. The third-order valence-corrected chi connectivity index (χ3v) is 19.6. The zero-order valence-corrected chi connectivity index (χ0v) is 51.0. The van der Waals surface area contributed by atoms with E-state index >= 15 is 0 Å². The second-order valence-electron chi connectivity index (χ2n) is 24.7. The summed E-state index contributed by atoms with van der Waals surface area (Å²) in [5.74, 6) is 0. The van der Waals surface area contributed by atoms with Gasteiger partial charge in [0, 0.05) is 32.9 Å². The summed E-state index contributed by atoms with van der Waals surface area (Å²) < 4.78 is 4.83. The Labute approximate surface area is 541 Å². The van der Waals surface area contributed by atoms with E-state index in [1.54, 1.807) is 0 Å². The van der Waals surface area contributed by atoms with E-state index in [0.29, 0.717) is 0 Å². The van der Waals surface area contributed by atoms with Gasteiger partial charge < -0.3 is 9.13 Å². The highest BCUT2D eigenvalue weighted by Gasteiger charge is 2.46. The maximum Gasteiger partial charge on any atom is 0.0713 e. The lowest BCUT2D eigenvalue weighted by atomic mass is 9.67. The molecule has 0 atom stereocenters. The fourth-order valence-electron chi connectivity index (χ4n) is 15.2. The van der Waals surface area contributed by atoms with Gasteiger partial charge in [0.1, 0.15) is 0 Å². The minimum absolute atomic E-state index is 0.546. The fraction of sp³-hybridized carbons (Fsp3) is 0.0110. The number of para-hydroxylation sites is 2. The molecule has 18 rings (SSSR count). The van der Waals surface area contributed by atoms with Crippen molar-refractivity contribution < 1.29 is 0 Å². The summed E-state index contributed by atoms with van der Waals surface area (Å²) in [6.45, 7) is 0. The van der Waals surface area contributed by atoms with Gasteiger partial charge in [-0.15, -0.1) is 0 Å². The summed E-state index contributed by atoms with van der Waals surface area (Å²) in [4.78, 5) is 0. The van der Waals surface area contributed by atoms with Crippen LogP contribution >= 0.6 is 0 Å². The summed E-state index contributed by atoms with van der Waals surface area (Å²) in [6, 6.07) is 135. The third kappa shape index (κ3) is 9.02. The number of fused-ring (bicyclic) bond motifs is 9. The molecule has 0 N–H and O–H groups in total. The van der Waals surface area contributed by atoms with Crippen LogP contribution in [0.4, 0.5) is 0 Å². The predicted molar refractivity (Wildman–Crippen MR) is 390 cm³/mol. The highest BCUT2D eigenvalue weighted by Crippen LogP contribution is 2.57. The zero-order valence-electron chi connectivity index (χ0n) is 51.0. The molecule has 0 fully saturated rings. The Balaban J connectivity index is 0.626. The average Bonchev–Trinajstić information content (AvgIpc) is 1.56. The van der Waals surface area contributed by atoms with Crippen molar-refractivity contribution in [2.75, 3.05) is 0 Å². The lowest BCUT2D eigenvalue weighted by Crippen LogP contribution is -2.28. The first kappa shape index (κ1) is 53.9. The molecule has 0 aliphatic heterocycles. The molecule has 0 radical (unpaired) electrons. The van der Waals surface area contributed by atoms with Crippen LogP contribution in [0.2, 0.25) is 0 Å². The number of hydrogen-bond acceptors (Lipinski definition) is 0. The van der Waals surface area contributed by atoms with Gasteiger partial charge in [0.15, 0.2) is 0 Å². The Hall–Kier alpha value is -12.1. The molecule has 2 heteroatoms. The quantitative estimate of drug-likeness (QED) is 0.122. The molecule has 0 saturated heterocycles. The SMILES string of the molecule is c1ccc(-c2cccc(-c3cccc(C4(c5cccc(-c6ccc(-c7ccc(-c8ccc(-n9c%10ccccc%10c%10cc(-c%11ccc%12c(c%11)c%11ccccc%11n%12-c%11cccc(-c%12ccccc%12)c%11)ccc%109)cc8)cc7)cc6)c5)c5ccccc5-c5ccccc54)c3)c2)cc1. The smallest absolute Gasteiger partial charge is 0.0713 e. The van der Waals surface area contributed by atoms with Gasteiger partial charge in [0.25, 0.3) is 0 Å². The van der Waals surface area contributed by atoms with Gasteiger partial charge in [-0.05, 0) is 190 Å². The third-order valence-electron chi connectivity index (χ3n) is 19.6. The summed E-state index contributed by atoms with van der Waals surface area (Å²) in [7, 11) is 0. The predicted octanol–water partition coefficient (Wildman–Crippen LogP) is 23.9. The second kappa shape index (κ2) is 22.1. The lowest BCUT2D eigenvalue weighted by molar-refractivity contribution is 0.769. The van der Waals surface area contributed by atoms with E-state index < -0.39 is 5.41 Å². The van der Waals surface area contributed by atoms with E-state index in [2.05, 4.69) is 373 Å². The van der Waals surface area contributed by atoms with E-state index in [9.17, 15) is 0 Å². The zero-order chi connectivity index (χ0) is 61.4. The summed E-state index contributed by atoms with van der Waals surface area (Å²) in [5, 5.41) is 4.96. The molecule has 0 bridgehead atoms. The normalized spacial score (nSPS) is 12.4. The van der Waals surface area contributed by atoms with Crippen LogP contribution in [0.3, 0.4) is 0 Å². The van der Waals surface area contributed by atoms with Crippen molar-refractivity contribution in [2.45, 2.75) is 5.41 Å². The molecule has 93 heavy (non-hydrogen) atoms. The molecule has 1 aliphatic carbocycles. The van der Waals surface area contributed by atoms with E-state index in [4.69, 9.17) is 0 Å². The van der Waals surface area contributed by atoms with Crippen molar-refractivity contribution in [3.05, 3.63) is 386 Å². The van der Waals surface area contributed by atoms with Crippen LogP contribution in [0.5, 0.6) is 0 Å². The van der Waals surface area contributed by atoms with Gasteiger partial charge >= 0.3 is 0 Å². The number of benzene rings is 15. The first-order valence-corrected chi connectivity index (χ1v) is 32.2. The Morgan fingerprint density at radius 2 is 0.484 bits per heavy atom. The maximum absolute atomic E-state index is 2.43. The minimum Gasteiger partial charge on any atom is -0.309 e. The highest BCUT2D eigenvalue weighted by molar-refractivity contribution is 6.13. The molecule has 0 spiro atoms. The van der Waals surface area contributed by atoms with Crippen LogP contribution in [-0.2, 0) is 5.41 Å². The monoisotopic (exact) mass is 1180 g/mol. The van der Waals surface area contributed by atoms with E-state index in [-0.39, 0.29) is 0 Å². The number of nitrogens with zero attached hydrogens (tertiary/aromatic N) is 2. The van der Waals surface area contributed by atoms with Crippen molar-refractivity contribution >= 4 is 43.6 Å². The van der Waals surface area contributed by atoms with Gasteiger partial charge in [-0.25, -0.2) is 0 Å². The molecular weight excluding hydrogens is 1120 g/mol. The van der Waals surface area contributed by atoms with E-state index in [1.807, 2.05) is 0 Å². The van der Waals surface area contributed by atoms with Crippen molar-refractivity contribution in [2.24, 2.45) is 0 Å². The van der Waals surface area contributed by atoms with Crippen LogP contribution in [0.25, 0.3) is 144 Å². The van der Waals surface area contributed by atoms with E-state index in [1.165, 1.54) is 155 Å². The van der Waals surface area contributed by atoms with E-state index in [0.717, 1.165) is 11.4 Å². The van der Waals surface area contributed by atoms with Crippen LogP contribution in [0.1, 0.15) is 22.3 Å². The Morgan fingerprint density at radius 1 is 0.172 bits per heavy atom. The van der Waals surface area contributed by atoms with Crippen molar-refractivity contribution in [1.82, 2.24) is 9.13 Å². The average molecular weight is 1180 g/mol. The van der Waals surface area contributed by atoms with Gasteiger partial charge in [0.05, 0.1) is 27.5 Å². The van der Waals surface area contributed by atoms with Crippen LogP contribution in [0, 0.1) is 0 Å². The van der Waals surface area contributed by atoms with Crippen LogP contribution in [-0.4, -0.2) is 9.13 Å². The molecule has 2 heterocycles. The minimum atomic E-state index is -0.546. The van der Waals surface area contributed by atoms with Crippen molar-refractivity contribution in [3.8, 4) is 100 Å². The molecule has 1 aliphatic rings. The fourth-order valence-corrected chi connectivity index (χ4v) is 15.2. The van der Waals surface area contributed by atoms with Crippen molar-refractivity contribution in [1.29, 1.82) is 0 Å². The molecule has 15 aromatic carbocycles. The summed E-state index contributed by atoms with van der Waals surface area (Å²) >= 11 is 0. The van der Waals surface area contributed by atoms with Gasteiger partial charge in [-0.3, -0.25) is 0 Å². The largest absolute Gasteiger partial charge is 0.309 e. The Bertz CT molecular complexity index is 5670. The van der Waals surface area contributed by atoms with Crippen LogP contribution < -0.4 is 0 Å². The van der Waals surface area contributed by atoms with Crippen LogP contribution in [0.15, 0.2) is 364 Å². The molecule has 2 nitrogen and oxygen atoms in total. The molecular formula is C91H60N2. The number of aromatic nitrogens is 2. The van der Waals surface area contributed by atoms with Gasteiger partial charge in [0.2, 0.25) is 0 Å². The number of hydrogen-bond donors (Lipinski definition) is 0. The highest BCUT2D eigenvalue weighted by atomic mass is 15.0. The molecule has 0 saturated carbocycles. The van der Waals surface area contributed by atoms with Gasteiger partial charge in [-0.1, -0.05) is 285 Å². The Morgan fingerprint density at radius 3 is 0.989 bits per heavy atom. The first-order chi connectivity index (χ1) is 46.1. The topological polar surface area (TPSA) is 9.86 Å². The molecule has 434 valence electrons. The summed E-state index contributed by atoms with van der Waals surface area (Å²) in [6.07, 6.45) is 0. The van der Waals surface area contributed by atoms with Gasteiger partial charge in [-0.2, -0.15) is 0 Å². The molecule has 0 amide bonds. The summed E-state index contributed by atoms with van der Waals surface area (Å²) in [5.41, 5.74) is 30.9. The Kier molecular flexibility index (Phi) is 12.8. The second-order valence-corrected chi connectivity index (χ2v) is 24.7. The maximum atomic E-state index is 2.43.